The van der Waals surface area contributed by atoms with Gasteiger partial charge in [-0.05, 0) is 49.7 Å². The smallest absolute Gasteiger partial charge is 0.262 e. The lowest BCUT2D eigenvalue weighted by molar-refractivity contribution is 0.601. The molecule has 0 aliphatic carbocycles. The van der Waals surface area contributed by atoms with Gasteiger partial charge in [0.2, 0.25) is 0 Å². The third-order valence-corrected chi connectivity index (χ3v) is 6.01. The van der Waals surface area contributed by atoms with Gasteiger partial charge in [-0.3, -0.25) is 9.40 Å². The van der Waals surface area contributed by atoms with Crippen molar-refractivity contribution in [2.75, 3.05) is 4.72 Å². The van der Waals surface area contributed by atoms with Crippen LogP contribution in [0.4, 0.5) is 5.69 Å². The Morgan fingerprint density at radius 1 is 1.04 bits per heavy atom. The first-order valence-electron chi connectivity index (χ1n) is 7.84. The maximum Gasteiger partial charge on any atom is 0.262 e. The Morgan fingerprint density at radius 3 is 2.35 bits per heavy atom. The number of hydrogen-bond acceptors (Lipinski definition) is 3. The van der Waals surface area contributed by atoms with Crippen LogP contribution in [0.1, 0.15) is 17.0 Å². The summed E-state index contributed by atoms with van der Waals surface area (Å²) >= 11 is 12.0. The zero-order chi connectivity index (χ0) is 18.9. The minimum Gasteiger partial charge on any atom is -0.276 e. The van der Waals surface area contributed by atoms with E-state index in [1.807, 2.05) is 31.2 Å². The molecule has 0 fully saturated rings. The molecule has 1 N–H and O–H groups in total. The molecule has 0 atom stereocenters. The lowest BCUT2D eigenvalue weighted by atomic mass is 10.2. The van der Waals surface area contributed by atoms with Crippen LogP contribution in [0.5, 0.6) is 0 Å². The average Bonchev–Trinajstić information content (AvgIpc) is 2.84. The highest BCUT2D eigenvalue weighted by atomic mass is 35.5. The fourth-order valence-electron chi connectivity index (χ4n) is 2.59. The van der Waals surface area contributed by atoms with Gasteiger partial charge in [-0.2, -0.15) is 5.10 Å². The van der Waals surface area contributed by atoms with Gasteiger partial charge in [-0.15, -0.1) is 0 Å². The second-order valence-corrected chi connectivity index (χ2v) is 8.38. The Balaban J connectivity index is 1.91. The van der Waals surface area contributed by atoms with Gasteiger partial charge in [0.1, 0.15) is 0 Å². The number of sulfonamides is 1. The molecule has 0 saturated heterocycles. The summed E-state index contributed by atoms with van der Waals surface area (Å²) in [6, 6.07) is 13.5. The SMILES string of the molecule is Cc1nn(Cc2ccccc2Cl)c(C)c1NS(=O)(=O)c1ccc(Cl)cc1. The first-order valence-corrected chi connectivity index (χ1v) is 10.1. The summed E-state index contributed by atoms with van der Waals surface area (Å²) < 4.78 is 29.6. The zero-order valence-corrected chi connectivity index (χ0v) is 16.5. The number of hydrogen-bond donors (Lipinski definition) is 1. The van der Waals surface area contributed by atoms with Crippen LogP contribution in [-0.4, -0.2) is 18.2 Å². The second-order valence-electron chi connectivity index (χ2n) is 5.85. The van der Waals surface area contributed by atoms with Gasteiger partial charge in [0.25, 0.3) is 10.0 Å². The van der Waals surface area contributed by atoms with Crippen molar-refractivity contribution in [3.05, 3.63) is 75.5 Å². The number of halogens is 2. The van der Waals surface area contributed by atoms with Gasteiger partial charge in [0.15, 0.2) is 0 Å². The first-order chi connectivity index (χ1) is 12.3. The van der Waals surface area contributed by atoms with Crippen molar-refractivity contribution < 1.29 is 8.42 Å². The molecule has 136 valence electrons. The van der Waals surface area contributed by atoms with Crippen LogP contribution in [0.25, 0.3) is 0 Å². The van der Waals surface area contributed by atoms with Crippen molar-refractivity contribution in [1.29, 1.82) is 0 Å². The third-order valence-electron chi connectivity index (χ3n) is 4.02. The first kappa shape index (κ1) is 18.8. The van der Waals surface area contributed by atoms with E-state index < -0.39 is 10.0 Å². The monoisotopic (exact) mass is 409 g/mol. The summed E-state index contributed by atoms with van der Waals surface area (Å²) in [6.07, 6.45) is 0. The van der Waals surface area contributed by atoms with E-state index in [1.165, 1.54) is 24.3 Å². The summed E-state index contributed by atoms with van der Waals surface area (Å²) in [7, 11) is -3.73. The van der Waals surface area contributed by atoms with Crippen molar-refractivity contribution in [3.8, 4) is 0 Å². The van der Waals surface area contributed by atoms with E-state index in [9.17, 15) is 8.42 Å². The Hall–Kier alpha value is -2.02. The zero-order valence-electron chi connectivity index (χ0n) is 14.2. The van der Waals surface area contributed by atoms with E-state index in [2.05, 4.69) is 9.82 Å². The van der Waals surface area contributed by atoms with E-state index in [1.54, 1.807) is 11.6 Å². The number of benzene rings is 2. The summed E-state index contributed by atoms with van der Waals surface area (Å²) in [4.78, 5) is 0.138. The molecule has 0 spiro atoms. The molecule has 0 radical (unpaired) electrons. The van der Waals surface area contributed by atoms with Gasteiger partial charge in [-0.1, -0.05) is 41.4 Å². The van der Waals surface area contributed by atoms with Crippen molar-refractivity contribution in [3.63, 3.8) is 0 Å². The molecule has 26 heavy (non-hydrogen) atoms. The number of aromatic nitrogens is 2. The van der Waals surface area contributed by atoms with Crippen LogP contribution in [-0.2, 0) is 16.6 Å². The Kier molecular flexibility index (Phi) is 5.27. The fraction of sp³-hybridized carbons (Fsp3) is 0.167. The maximum absolute atomic E-state index is 12.6. The second kappa shape index (κ2) is 7.31. The Labute approximate surface area is 162 Å². The summed E-state index contributed by atoms with van der Waals surface area (Å²) in [5.41, 5.74) is 2.67. The van der Waals surface area contributed by atoms with Gasteiger partial charge in [-0.25, -0.2) is 8.42 Å². The lowest BCUT2D eigenvalue weighted by Crippen LogP contribution is -2.14. The van der Waals surface area contributed by atoms with Crippen molar-refractivity contribution >= 4 is 38.9 Å². The summed E-state index contributed by atoms with van der Waals surface area (Å²) in [5.74, 6) is 0. The van der Waals surface area contributed by atoms with Crippen molar-refractivity contribution in [2.45, 2.75) is 25.3 Å². The minimum absolute atomic E-state index is 0.138. The quantitative estimate of drug-likeness (QED) is 0.666. The molecule has 0 aliphatic rings. The summed E-state index contributed by atoms with van der Waals surface area (Å²) in [6.45, 7) is 4.03. The molecule has 0 saturated carbocycles. The predicted molar refractivity (Wildman–Crippen MR) is 105 cm³/mol. The highest BCUT2D eigenvalue weighted by Gasteiger charge is 2.20. The highest BCUT2D eigenvalue weighted by molar-refractivity contribution is 7.92. The fourth-order valence-corrected chi connectivity index (χ4v) is 4.09. The molecule has 3 rings (SSSR count). The number of nitrogens with one attached hydrogen (secondary N) is 1. The number of nitrogens with zero attached hydrogens (tertiary/aromatic N) is 2. The van der Waals surface area contributed by atoms with E-state index in [0.717, 1.165) is 5.56 Å². The predicted octanol–water partition coefficient (Wildman–Crippen LogP) is 4.66. The standard InChI is InChI=1S/C18H17Cl2N3O2S/c1-12-18(22-26(24,25)16-9-7-15(19)8-10-16)13(2)23(21-12)11-14-5-3-4-6-17(14)20/h3-10,22H,11H2,1-2H3. The van der Waals surface area contributed by atoms with Crippen LogP contribution >= 0.6 is 23.2 Å². The van der Waals surface area contributed by atoms with Crippen LogP contribution in [0, 0.1) is 13.8 Å². The number of rotatable bonds is 5. The average molecular weight is 410 g/mol. The molecule has 1 aromatic heterocycles. The molecule has 0 unspecified atom stereocenters. The molecule has 0 amide bonds. The van der Waals surface area contributed by atoms with E-state index >= 15 is 0 Å². The normalized spacial score (nSPS) is 11.5. The van der Waals surface area contributed by atoms with Gasteiger partial charge >= 0.3 is 0 Å². The molecule has 0 bridgehead atoms. The van der Waals surface area contributed by atoms with Crippen LogP contribution in [0.15, 0.2) is 53.4 Å². The Morgan fingerprint density at radius 2 is 1.69 bits per heavy atom. The van der Waals surface area contributed by atoms with E-state index in [4.69, 9.17) is 23.2 Å². The topological polar surface area (TPSA) is 64.0 Å². The van der Waals surface area contributed by atoms with Crippen LogP contribution < -0.4 is 4.72 Å². The number of anilines is 1. The molecule has 2 aromatic carbocycles. The van der Waals surface area contributed by atoms with E-state index in [-0.39, 0.29) is 4.90 Å². The third kappa shape index (κ3) is 3.87. The van der Waals surface area contributed by atoms with Gasteiger partial charge in [0.05, 0.1) is 28.5 Å². The maximum atomic E-state index is 12.6. The molecule has 5 nitrogen and oxygen atoms in total. The number of aryl methyl sites for hydroxylation is 1. The molecular weight excluding hydrogens is 393 g/mol. The van der Waals surface area contributed by atoms with Crippen LogP contribution in [0.2, 0.25) is 10.0 Å². The lowest BCUT2D eigenvalue weighted by Gasteiger charge is -2.10. The molecule has 1 heterocycles. The Bertz CT molecular complexity index is 1040. The summed E-state index contributed by atoms with van der Waals surface area (Å²) in [5, 5.41) is 5.57. The van der Waals surface area contributed by atoms with Crippen molar-refractivity contribution in [2.24, 2.45) is 0 Å². The molecular formula is C18H17Cl2N3O2S. The highest BCUT2D eigenvalue weighted by Crippen LogP contribution is 2.25. The van der Waals surface area contributed by atoms with Crippen LogP contribution in [0.3, 0.4) is 0 Å². The van der Waals surface area contributed by atoms with E-state index in [0.29, 0.717) is 33.7 Å². The molecule has 0 aliphatic heterocycles. The van der Waals surface area contributed by atoms with Gasteiger partial charge in [0, 0.05) is 10.0 Å². The molecule has 3 aromatic rings. The largest absolute Gasteiger partial charge is 0.276 e. The molecule has 8 heteroatoms. The van der Waals surface area contributed by atoms with Crippen molar-refractivity contribution in [1.82, 2.24) is 9.78 Å². The van der Waals surface area contributed by atoms with Gasteiger partial charge < -0.3 is 0 Å². The minimum atomic E-state index is -3.73.